The van der Waals surface area contributed by atoms with Crippen LogP contribution in [0.2, 0.25) is 0 Å². The average Bonchev–Trinajstić information content (AvgIpc) is 3.56. The van der Waals surface area contributed by atoms with E-state index in [9.17, 15) is 9.59 Å². The Kier molecular flexibility index (Phi) is 6.32. The minimum Gasteiger partial charge on any atom is -0.318 e. The summed E-state index contributed by atoms with van der Waals surface area (Å²) in [4.78, 5) is 31.0. The molecule has 36 heavy (non-hydrogen) atoms. The van der Waals surface area contributed by atoms with E-state index in [0.29, 0.717) is 37.2 Å². The lowest BCUT2D eigenvalue weighted by atomic mass is 10.0. The fourth-order valence-electron chi connectivity index (χ4n) is 4.64. The van der Waals surface area contributed by atoms with Gasteiger partial charge in [0.15, 0.2) is 11.2 Å². The molecule has 10 nitrogen and oxygen atoms in total. The largest absolute Gasteiger partial charge is 0.332 e. The molecule has 0 aliphatic carbocycles. The van der Waals surface area contributed by atoms with Gasteiger partial charge in [-0.2, -0.15) is 4.68 Å². The van der Waals surface area contributed by atoms with Gasteiger partial charge in [-0.05, 0) is 41.0 Å². The minimum atomic E-state index is -0.297. The van der Waals surface area contributed by atoms with Crippen molar-refractivity contribution in [3.05, 3.63) is 87.1 Å². The van der Waals surface area contributed by atoms with Crippen LogP contribution in [0.3, 0.4) is 0 Å². The second kappa shape index (κ2) is 9.73. The smallest absolute Gasteiger partial charge is 0.318 e. The van der Waals surface area contributed by atoms with Crippen LogP contribution in [0, 0.1) is 0 Å². The quantitative estimate of drug-likeness (QED) is 0.335. The molecule has 3 heterocycles. The van der Waals surface area contributed by atoms with Gasteiger partial charge >= 0.3 is 5.69 Å². The van der Waals surface area contributed by atoms with Gasteiger partial charge in [-0.25, -0.2) is 9.78 Å². The summed E-state index contributed by atoms with van der Waals surface area (Å²) in [7, 11) is 0. The molecule has 0 unspecified atom stereocenters. The van der Waals surface area contributed by atoms with Gasteiger partial charge in [0.1, 0.15) is 12.2 Å². The van der Waals surface area contributed by atoms with Crippen molar-refractivity contribution in [3.63, 3.8) is 0 Å². The first kappa shape index (κ1) is 23.4. The number of fused-ring (bicyclic) bond motifs is 1. The van der Waals surface area contributed by atoms with Crippen LogP contribution >= 0.6 is 0 Å². The van der Waals surface area contributed by atoms with Crippen LogP contribution in [0.25, 0.3) is 28.0 Å². The predicted molar refractivity (Wildman–Crippen MR) is 137 cm³/mol. The molecule has 0 aliphatic heterocycles. The van der Waals surface area contributed by atoms with Crippen LogP contribution < -0.4 is 11.2 Å². The number of tetrazole rings is 1. The van der Waals surface area contributed by atoms with Gasteiger partial charge < -0.3 is 4.57 Å². The Hall–Kier alpha value is -4.34. The summed E-state index contributed by atoms with van der Waals surface area (Å²) < 4.78 is 6.53. The van der Waals surface area contributed by atoms with Crippen LogP contribution in [0.15, 0.2) is 64.4 Å². The first-order valence-corrected chi connectivity index (χ1v) is 12.2. The highest BCUT2D eigenvalue weighted by molar-refractivity contribution is 5.73. The van der Waals surface area contributed by atoms with Crippen molar-refractivity contribution >= 4 is 11.2 Å². The average molecular weight is 485 g/mol. The third-order valence-corrected chi connectivity index (χ3v) is 6.38. The molecule has 0 fully saturated rings. The fraction of sp³-hybridized carbons (Fsp3) is 0.308. The standard InChI is InChI=1S/C26H28N8O2/c1-4-15-32-24-23(25(35)31(6-3)26(32)36)33(22(5-2)28-24)16-18-11-13-19(14-12-18)20-9-7-8-10-21(20)34-17-27-29-30-34/h7-14,17H,4-6,15-16H2,1-3H3. The summed E-state index contributed by atoms with van der Waals surface area (Å²) in [5.41, 5.74) is 4.32. The zero-order valence-electron chi connectivity index (χ0n) is 20.6. The lowest BCUT2D eigenvalue weighted by Gasteiger charge is -2.12. The predicted octanol–water partition coefficient (Wildman–Crippen LogP) is 3.04. The number of nitrogens with zero attached hydrogens (tertiary/aromatic N) is 8. The van der Waals surface area contributed by atoms with Crippen molar-refractivity contribution in [2.24, 2.45) is 0 Å². The molecule has 2 aromatic carbocycles. The SMILES string of the molecule is CCCn1c(=O)n(CC)c(=O)c2c1nc(CC)n2Cc1ccc(-c2ccccc2-n2cnnn2)cc1. The highest BCUT2D eigenvalue weighted by atomic mass is 16.2. The molecule has 5 rings (SSSR count). The van der Waals surface area contributed by atoms with Crippen molar-refractivity contribution in [1.82, 2.24) is 38.9 Å². The molecule has 0 radical (unpaired) electrons. The Morgan fingerprint density at radius 2 is 1.67 bits per heavy atom. The number of aromatic nitrogens is 8. The third-order valence-electron chi connectivity index (χ3n) is 6.38. The Morgan fingerprint density at radius 3 is 2.33 bits per heavy atom. The highest BCUT2D eigenvalue weighted by Crippen LogP contribution is 2.27. The Balaban J connectivity index is 1.57. The summed E-state index contributed by atoms with van der Waals surface area (Å²) in [6.07, 6.45) is 3.00. The number of aryl methyl sites for hydroxylation is 2. The van der Waals surface area contributed by atoms with Crippen molar-refractivity contribution < 1.29 is 0 Å². The van der Waals surface area contributed by atoms with E-state index in [1.165, 1.54) is 4.57 Å². The Labute approximate surface area is 207 Å². The number of hydrogen-bond acceptors (Lipinski definition) is 6. The van der Waals surface area contributed by atoms with Crippen LogP contribution in [-0.4, -0.2) is 38.9 Å². The van der Waals surface area contributed by atoms with E-state index < -0.39 is 0 Å². The molecule has 10 heteroatoms. The first-order chi connectivity index (χ1) is 17.6. The van der Waals surface area contributed by atoms with Crippen molar-refractivity contribution in [2.75, 3.05) is 0 Å². The summed E-state index contributed by atoms with van der Waals surface area (Å²) in [6, 6.07) is 16.2. The summed E-state index contributed by atoms with van der Waals surface area (Å²) >= 11 is 0. The molecule has 0 aliphatic rings. The van der Waals surface area contributed by atoms with Crippen LogP contribution in [0.5, 0.6) is 0 Å². The van der Waals surface area contributed by atoms with Crippen molar-refractivity contribution in [3.8, 4) is 16.8 Å². The molecular formula is C26H28N8O2. The van der Waals surface area contributed by atoms with Gasteiger partial charge in [-0.15, -0.1) is 5.10 Å². The van der Waals surface area contributed by atoms with E-state index in [1.54, 1.807) is 15.6 Å². The van der Waals surface area contributed by atoms with Gasteiger partial charge in [-0.3, -0.25) is 13.9 Å². The maximum absolute atomic E-state index is 13.3. The van der Waals surface area contributed by atoms with E-state index in [-0.39, 0.29) is 11.2 Å². The summed E-state index contributed by atoms with van der Waals surface area (Å²) in [5.74, 6) is 0.785. The van der Waals surface area contributed by atoms with E-state index in [4.69, 9.17) is 4.98 Å². The zero-order valence-corrected chi connectivity index (χ0v) is 20.6. The lowest BCUT2D eigenvalue weighted by molar-refractivity contribution is 0.578. The summed E-state index contributed by atoms with van der Waals surface area (Å²) in [5, 5.41) is 11.5. The molecule has 0 N–H and O–H groups in total. The van der Waals surface area contributed by atoms with E-state index in [0.717, 1.165) is 34.6 Å². The molecule has 0 bridgehead atoms. The molecule has 0 saturated carbocycles. The highest BCUT2D eigenvalue weighted by Gasteiger charge is 2.20. The first-order valence-electron chi connectivity index (χ1n) is 12.2. The normalized spacial score (nSPS) is 11.4. The van der Waals surface area contributed by atoms with Crippen molar-refractivity contribution in [1.29, 1.82) is 0 Å². The number of benzene rings is 2. The van der Waals surface area contributed by atoms with E-state index >= 15 is 0 Å². The Morgan fingerprint density at radius 1 is 0.889 bits per heavy atom. The van der Waals surface area contributed by atoms with Crippen molar-refractivity contribution in [2.45, 2.75) is 53.2 Å². The molecule has 0 amide bonds. The maximum Gasteiger partial charge on any atom is 0.332 e. The van der Waals surface area contributed by atoms with Gasteiger partial charge in [0.25, 0.3) is 5.56 Å². The van der Waals surface area contributed by atoms with Gasteiger partial charge in [0.05, 0.1) is 5.69 Å². The van der Waals surface area contributed by atoms with Gasteiger partial charge in [-0.1, -0.05) is 56.3 Å². The second-order valence-corrected chi connectivity index (χ2v) is 8.59. The second-order valence-electron chi connectivity index (χ2n) is 8.59. The number of rotatable bonds is 8. The number of hydrogen-bond donors (Lipinski definition) is 0. The monoisotopic (exact) mass is 484 g/mol. The fourth-order valence-corrected chi connectivity index (χ4v) is 4.64. The van der Waals surface area contributed by atoms with Gasteiger partial charge in [0, 0.05) is 31.6 Å². The molecule has 5 aromatic rings. The molecule has 184 valence electrons. The molecule has 0 atom stereocenters. The molecular weight excluding hydrogens is 456 g/mol. The Bertz CT molecular complexity index is 1630. The van der Waals surface area contributed by atoms with Crippen LogP contribution in [0.4, 0.5) is 0 Å². The van der Waals surface area contributed by atoms with E-state index in [1.807, 2.05) is 49.6 Å². The van der Waals surface area contributed by atoms with E-state index in [2.05, 4.69) is 39.8 Å². The number of imidazole rings is 1. The van der Waals surface area contributed by atoms with Crippen LogP contribution in [-0.2, 0) is 26.1 Å². The topological polar surface area (TPSA) is 105 Å². The number of para-hydroxylation sites is 1. The van der Waals surface area contributed by atoms with Gasteiger partial charge in [0.2, 0.25) is 0 Å². The molecule has 3 aromatic heterocycles. The lowest BCUT2D eigenvalue weighted by Crippen LogP contribution is -2.40. The minimum absolute atomic E-state index is 0.288. The maximum atomic E-state index is 13.3. The molecule has 0 saturated heterocycles. The van der Waals surface area contributed by atoms with Crippen LogP contribution in [0.1, 0.15) is 38.6 Å². The third kappa shape index (κ3) is 3.94. The zero-order chi connectivity index (χ0) is 25.2. The summed E-state index contributed by atoms with van der Waals surface area (Å²) in [6.45, 7) is 7.16. The molecule has 0 spiro atoms.